The van der Waals surface area contributed by atoms with E-state index in [0.29, 0.717) is 0 Å². The monoisotopic (exact) mass is 578 g/mol. The first-order chi connectivity index (χ1) is 1.41. The first-order valence-electron chi connectivity index (χ1n) is 0.894. The van der Waals surface area contributed by atoms with E-state index in [-0.39, 0.29) is 0 Å². The fraction of sp³-hybridized carbons (Fsp3) is 1.00. The maximum atomic E-state index is 3.50. The van der Waals surface area contributed by atoms with Crippen molar-refractivity contribution in [2.45, 2.75) is 0 Å². The van der Waals surface area contributed by atoms with Crippen LogP contribution in [0.25, 0.3) is 5.32 Å². The third kappa shape index (κ3) is 0.000754. The third-order valence-electron chi connectivity index (χ3n) is 0. The van der Waals surface area contributed by atoms with Crippen molar-refractivity contribution in [2.75, 3.05) is 14.1 Å². The molecule has 0 unspecified atom stereocenters. The van der Waals surface area contributed by atoms with E-state index in [0.717, 1.165) is 0 Å². The van der Waals surface area contributed by atoms with Crippen LogP contribution in [0.2, 0.25) is 0 Å². The second kappa shape index (κ2) is 1.67. The predicted octanol–water partition coefficient (Wildman–Crippen LogP) is 0.620. The molecular weight excluding hydrogens is 572 g/mol. The third-order valence-corrected chi connectivity index (χ3v) is 0. The number of hydrogen-bond donors (Lipinski definition) is 0. The Bertz CT molecular complexity index is 7.61. The van der Waals surface area contributed by atoms with Crippen LogP contribution in [0.5, 0.6) is 0 Å². The van der Waals surface area contributed by atoms with E-state index in [1.54, 1.807) is 14.1 Å². The van der Waals surface area contributed by atoms with Crippen molar-refractivity contribution in [3.8, 4) is 0 Å². The molecule has 0 heterocycles. The van der Waals surface area contributed by atoms with Gasteiger partial charge in [0.2, 0.25) is 0 Å². The molecule has 24 valence electrons. The summed E-state index contributed by atoms with van der Waals surface area (Å²) in [5.41, 5.74) is 0. The zero-order valence-electron chi connectivity index (χ0n) is 3.86. The first-order valence-corrected chi connectivity index (χ1v) is 0.894. The molecule has 3 heteroatoms. The summed E-state index contributed by atoms with van der Waals surface area (Å²) in [5.74, 6) is 0. The SMILES string of the molecule is C[N-]C.[Rf].[Rf]. The largest absolute Gasteiger partial charge is 0.668 e. The maximum Gasteiger partial charge on any atom is 0 e. The molecule has 0 saturated carbocycles. The molecule has 0 aliphatic carbocycles. The van der Waals surface area contributed by atoms with Gasteiger partial charge in [-0.3, -0.25) is 0 Å². The van der Waals surface area contributed by atoms with Gasteiger partial charge >= 0.3 is 0 Å². The van der Waals surface area contributed by atoms with E-state index in [1.165, 1.54) is 0 Å². The first kappa shape index (κ1) is 7110. The van der Waals surface area contributed by atoms with E-state index >= 15 is 0 Å². The summed E-state index contributed by atoms with van der Waals surface area (Å²) in [6.07, 6.45) is 0. The molecule has 0 aromatic carbocycles. The summed E-state index contributed by atoms with van der Waals surface area (Å²) < 4.78 is 0. The average Bonchev–Trinajstić information content (AvgIpc) is 0.918. The Kier molecular flexibility index (Phi) is 2370. The van der Waals surface area contributed by atoms with Gasteiger partial charge in [-0.15, -0.1) is 0 Å². The minimum atomic E-state index is 0. The average molecular weight is 578 g/mol. The molecule has 5 heavy (non-hydrogen) atoms. The van der Waals surface area contributed by atoms with Crippen molar-refractivity contribution < 1.29 is 0 Å². The molecule has 1 nitrogen and oxygen atoms in total. The second-order valence-electron chi connectivity index (χ2n) is 0.447. The van der Waals surface area contributed by atoms with Crippen LogP contribution in [-0.4, -0.2) is 14.1 Å². The standard InChI is InChI=1S/C2H6N.2Rf/c1-3-2;;/h1-2H3;;/q-1;;. The molecule has 0 amide bonds. The molecule has 0 bridgehead atoms. The fourth-order valence-electron chi connectivity index (χ4n) is 0. The molecule has 0 aliphatic heterocycles. The number of hydrogen-bond acceptors (Lipinski definition) is 0. The van der Waals surface area contributed by atoms with E-state index in [1.807, 2.05) is 0 Å². The Labute approximate surface area is 20.7 Å². The van der Waals surface area contributed by atoms with Crippen LogP contribution >= 0.6 is 0 Å². The molecule has 0 saturated heterocycles. The molecule has 0 aromatic rings. The van der Waals surface area contributed by atoms with Crippen LogP contribution in [0.15, 0.2) is 0 Å². The summed E-state index contributed by atoms with van der Waals surface area (Å²) in [5, 5.41) is 3.50. The van der Waals surface area contributed by atoms with E-state index in [9.17, 15) is 0 Å². The van der Waals surface area contributed by atoms with E-state index in [2.05, 4.69) is 5.32 Å². The zero-order chi connectivity index (χ0) is 2.71. The van der Waals surface area contributed by atoms with Crippen LogP contribution in [0.3, 0.4) is 0 Å². The Balaban J connectivity index is -0.0000000200. The molecule has 0 atom stereocenters. The minimum Gasteiger partial charge on any atom is -0.668 e. The van der Waals surface area contributed by atoms with Gasteiger partial charge in [-0.05, 0) is 0 Å². The Hall–Kier alpha value is -2.04. The van der Waals surface area contributed by atoms with Gasteiger partial charge in [0.15, 0.2) is 0 Å². The summed E-state index contributed by atoms with van der Waals surface area (Å²) in [6.45, 7) is 0. The molecule has 0 radical (unpaired) electrons. The second-order valence-corrected chi connectivity index (χ2v) is 0.447. The molecular formula is C2H6NRf2-. The van der Waals surface area contributed by atoms with Gasteiger partial charge in [0.1, 0.15) is 0 Å². The smallest absolute Gasteiger partial charge is 0 e. The number of rotatable bonds is 0. The van der Waals surface area contributed by atoms with Gasteiger partial charge in [-0.2, -0.15) is 14.1 Å². The van der Waals surface area contributed by atoms with Crippen molar-refractivity contribution in [3.05, 3.63) is 5.32 Å². The fourth-order valence-corrected chi connectivity index (χ4v) is 0. The zero-order valence-corrected chi connectivity index (χ0v) is 16.7. The van der Waals surface area contributed by atoms with Crippen LogP contribution in [0.4, 0.5) is 0 Å². The van der Waals surface area contributed by atoms with E-state index < -0.39 is 0 Å². The number of nitrogens with zero attached hydrogens (tertiary/aromatic N) is 1. The summed E-state index contributed by atoms with van der Waals surface area (Å²) in [7, 11) is 3.50. The Morgan fingerprint density at radius 3 is 1.00 bits per heavy atom. The van der Waals surface area contributed by atoms with Crippen molar-refractivity contribution >= 4 is 0 Å². The van der Waals surface area contributed by atoms with Gasteiger partial charge in [0.25, 0.3) is 0 Å². The van der Waals surface area contributed by atoms with Gasteiger partial charge in [-0.1, -0.05) is 0 Å². The minimum absolute atomic E-state index is 0. The van der Waals surface area contributed by atoms with Gasteiger partial charge in [0, 0.05) is 0 Å². The van der Waals surface area contributed by atoms with Gasteiger partial charge in [-0.25, -0.2) is 0 Å². The molecule has 0 rings (SSSR count). The Morgan fingerprint density at radius 2 is 1.00 bits per heavy atom. The van der Waals surface area contributed by atoms with Crippen molar-refractivity contribution in [3.63, 3.8) is 0 Å². The van der Waals surface area contributed by atoms with Crippen molar-refractivity contribution in [1.29, 1.82) is 0 Å². The summed E-state index contributed by atoms with van der Waals surface area (Å²) in [4.78, 5) is 0. The Morgan fingerprint density at radius 1 is 1.00 bits per heavy atom. The molecule has 0 spiro atoms. The molecule has 0 aliphatic rings. The summed E-state index contributed by atoms with van der Waals surface area (Å²) >= 11 is 0. The van der Waals surface area contributed by atoms with Crippen LogP contribution in [0, 0.1) is 0 Å². The van der Waals surface area contributed by atoms with Crippen LogP contribution in [0.1, 0.15) is 0 Å². The van der Waals surface area contributed by atoms with Gasteiger partial charge < -0.3 is 5.32 Å². The topological polar surface area (TPSA) is 14.1 Å². The van der Waals surface area contributed by atoms with Crippen molar-refractivity contribution in [1.82, 2.24) is 0 Å². The van der Waals surface area contributed by atoms with Crippen LogP contribution in [-0.2, 0) is 0 Å². The quantitative estimate of drug-likeness (QED) is 0.401. The van der Waals surface area contributed by atoms with Crippen LogP contribution < -0.4 is 0 Å². The molecule has 0 fully saturated rings. The maximum absolute atomic E-state index is 3.50. The normalized spacial score (nSPS) is 3.60. The molecule has 0 aromatic heterocycles. The van der Waals surface area contributed by atoms with Crippen molar-refractivity contribution in [2.24, 2.45) is 0 Å². The summed E-state index contributed by atoms with van der Waals surface area (Å²) in [6, 6.07) is 0. The molecule has 0 N–H and O–H groups in total. The van der Waals surface area contributed by atoms with E-state index in [4.69, 9.17) is 0 Å². The van der Waals surface area contributed by atoms with Gasteiger partial charge in [0.05, 0.1) is 0 Å². The predicted molar refractivity (Wildman–Crippen MR) is 15.2 cm³/mol.